The van der Waals surface area contributed by atoms with Crippen molar-refractivity contribution in [2.45, 2.75) is 50.7 Å². The van der Waals surface area contributed by atoms with E-state index in [1.165, 1.54) is 18.9 Å². The molecular formula is C30H31FN6O2. The lowest BCUT2D eigenvalue weighted by Crippen LogP contribution is -2.41. The Morgan fingerprint density at radius 3 is 2.64 bits per heavy atom. The number of anilines is 1. The Hall–Kier alpha value is -3.72. The van der Waals surface area contributed by atoms with Crippen molar-refractivity contribution in [1.29, 1.82) is 0 Å². The number of piperidine rings is 1. The number of carbonyl (C=O) groups is 2. The summed E-state index contributed by atoms with van der Waals surface area (Å²) in [6.45, 7) is 1.47. The van der Waals surface area contributed by atoms with E-state index in [1.54, 1.807) is 15.5 Å². The van der Waals surface area contributed by atoms with E-state index in [1.807, 2.05) is 25.1 Å². The third kappa shape index (κ3) is 3.22. The van der Waals surface area contributed by atoms with Crippen molar-refractivity contribution in [2.75, 3.05) is 18.5 Å². The van der Waals surface area contributed by atoms with Crippen LogP contribution in [0.25, 0.3) is 33.5 Å². The van der Waals surface area contributed by atoms with Crippen LogP contribution in [0.3, 0.4) is 0 Å². The first kappa shape index (κ1) is 23.2. The lowest BCUT2D eigenvalue weighted by molar-refractivity contribution is -0.117. The number of fused-ring (bicyclic) bond motifs is 6. The molecule has 4 aromatic rings. The Balaban J connectivity index is 1.26. The van der Waals surface area contributed by atoms with E-state index in [-0.39, 0.29) is 23.9 Å². The van der Waals surface area contributed by atoms with Gasteiger partial charge in [-0.3, -0.25) is 9.59 Å². The zero-order chi connectivity index (χ0) is 26.7. The Labute approximate surface area is 225 Å². The number of aromatic nitrogens is 3. The molecule has 2 aliphatic carbocycles. The fourth-order valence-electron chi connectivity index (χ4n) is 7.35. The minimum absolute atomic E-state index is 0.00824. The number of halogens is 1. The molecule has 200 valence electrons. The molecule has 3 atom stereocenters. The Kier molecular flexibility index (Phi) is 4.70. The molecule has 4 heterocycles. The predicted molar refractivity (Wildman–Crippen MR) is 147 cm³/mol. The van der Waals surface area contributed by atoms with E-state index in [9.17, 15) is 9.59 Å². The first-order valence-electron chi connectivity index (χ1n) is 13.9. The zero-order valence-corrected chi connectivity index (χ0v) is 22.2. The first-order chi connectivity index (χ1) is 18.8. The van der Waals surface area contributed by atoms with Crippen LogP contribution >= 0.6 is 0 Å². The van der Waals surface area contributed by atoms with Gasteiger partial charge in [-0.05, 0) is 61.8 Å². The molecule has 0 spiro atoms. The predicted octanol–water partition coefficient (Wildman–Crippen LogP) is 3.82. The smallest absolute Gasteiger partial charge is 0.254 e. The van der Waals surface area contributed by atoms with Crippen LogP contribution in [0.2, 0.25) is 0 Å². The molecule has 2 bridgehead atoms. The molecule has 3 fully saturated rings. The lowest BCUT2D eigenvalue weighted by Gasteiger charge is -2.27. The van der Waals surface area contributed by atoms with Crippen molar-refractivity contribution in [3.8, 4) is 11.5 Å². The number of nitrogens with zero attached hydrogens (tertiary/aromatic N) is 5. The van der Waals surface area contributed by atoms with E-state index < -0.39 is 5.82 Å². The molecule has 9 heteroatoms. The molecule has 2 saturated carbocycles. The summed E-state index contributed by atoms with van der Waals surface area (Å²) in [7, 11) is 3.65. The highest BCUT2D eigenvalue weighted by Gasteiger charge is 2.47. The van der Waals surface area contributed by atoms with Crippen molar-refractivity contribution in [1.82, 2.24) is 19.0 Å². The van der Waals surface area contributed by atoms with Crippen molar-refractivity contribution >= 4 is 39.4 Å². The monoisotopic (exact) mass is 526 g/mol. The number of likely N-dealkylation sites (tertiary alicyclic amines) is 1. The lowest BCUT2D eigenvalue weighted by atomic mass is 10.1. The van der Waals surface area contributed by atoms with Gasteiger partial charge in [0.1, 0.15) is 11.3 Å². The third-order valence-corrected chi connectivity index (χ3v) is 9.66. The number of aryl methyl sites for hydroxylation is 1. The maximum absolute atomic E-state index is 15.6. The van der Waals surface area contributed by atoms with Gasteiger partial charge in [-0.15, -0.1) is 0 Å². The van der Waals surface area contributed by atoms with Gasteiger partial charge < -0.3 is 24.7 Å². The topological polar surface area (TPSA) is 89.4 Å². The number of imidazole rings is 1. The molecule has 2 aromatic carbocycles. The molecule has 2 N–H and O–H groups in total. The second-order valence-electron chi connectivity index (χ2n) is 12.0. The van der Waals surface area contributed by atoms with Crippen LogP contribution in [-0.2, 0) is 24.8 Å². The maximum Gasteiger partial charge on any atom is 0.254 e. The molecular weight excluding hydrogens is 495 g/mol. The van der Waals surface area contributed by atoms with E-state index in [0.29, 0.717) is 47.2 Å². The van der Waals surface area contributed by atoms with E-state index in [2.05, 4.69) is 16.7 Å². The molecule has 8 nitrogen and oxygen atoms in total. The van der Waals surface area contributed by atoms with Gasteiger partial charge in [-0.2, -0.15) is 0 Å². The largest absolute Gasteiger partial charge is 0.337 e. The van der Waals surface area contributed by atoms with Gasteiger partial charge in [-0.25, -0.2) is 9.37 Å². The molecule has 39 heavy (non-hydrogen) atoms. The van der Waals surface area contributed by atoms with Crippen LogP contribution in [-0.4, -0.2) is 56.5 Å². The van der Waals surface area contributed by atoms with Crippen molar-refractivity contribution in [3.05, 3.63) is 47.3 Å². The van der Waals surface area contributed by atoms with Crippen LogP contribution < -0.4 is 10.6 Å². The molecule has 4 aliphatic rings. The summed E-state index contributed by atoms with van der Waals surface area (Å²) in [5, 5.41) is 1.05. The number of benzene rings is 2. The number of nitrogens with two attached hydrogens (primary N) is 1. The molecule has 0 unspecified atom stereocenters. The van der Waals surface area contributed by atoms with Gasteiger partial charge in [0.25, 0.3) is 5.91 Å². The van der Waals surface area contributed by atoms with Crippen molar-refractivity contribution in [2.24, 2.45) is 24.6 Å². The summed E-state index contributed by atoms with van der Waals surface area (Å²) in [5.41, 5.74) is 11.5. The molecule has 8 rings (SSSR count). The molecule has 2 amide bonds. The maximum atomic E-state index is 15.6. The van der Waals surface area contributed by atoms with E-state index in [0.717, 1.165) is 47.2 Å². The number of carbonyl (C=O) groups excluding carboxylic acids is 2. The first-order valence-corrected chi connectivity index (χ1v) is 13.9. The van der Waals surface area contributed by atoms with Crippen LogP contribution in [0.15, 0.2) is 30.3 Å². The highest BCUT2D eigenvalue weighted by atomic mass is 19.1. The van der Waals surface area contributed by atoms with Crippen LogP contribution in [0.1, 0.15) is 41.6 Å². The average Bonchev–Trinajstić information content (AvgIpc) is 3.11. The third-order valence-electron chi connectivity index (χ3n) is 9.66. The Morgan fingerprint density at radius 1 is 1.10 bits per heavy atom. The van der Waals surface area contributed by atoms with Gasteiger partial charge in [-0.1, -0.05) is 6.07 Å². The highest BCUT2D eigenvalue weighted by molar-refractivity contribution is 6.07. The molecule has 0 radical (unpaired) electrons. The molecule has 2 aliphatic heterocycles. The van der Waals surface area contributed by atoms with Crippen LogP contribution in [0, 0.1) is 17.7 Å². The second kappa shape index (κ2) is 7.91. The van der Waals surface area contributed by atoms with Crippen molar-refractivity contribution in [3.63, 3.8) is 0 Å². The normalized spacial score (nSPS) is 24.1. The van der Waals surface area contributed by atoms with E-state index in [4.69, 9.17) is 10.7 Å². The highest BCUT2D eigenvalue weighted by Crippen LogP contribution is 2.42. The fraction of sp³-hybridized carbons (Fsp3) is 0.433. The molecule has 2 aromatic heterocycles. The van der Waals surface area contributed by atoms with E-state index >= 15 is 4.39 Å². The average molecular weight is 527 g/mol. The van der Waals surface area contributed by atoms with Gasteiger partial charge in [0, 0.05) is 61.5 Å². The number of hydrogen-bond acceptors (Lipinski definition) is 4. The molecule has 1 saturated heterocycles. The number of hydrogen-bond donors (Lipinski definition) is 1. The number of amides is 2. The standard InChI is InChI=1S/C30H31FN6O2/c1-34-22-7-5-16-11-24(36(13-15-3-4-15)27(16)19(22)12-25(34)38)29-33-21-10-18(9-20(31)28(21)35(29)2)30(39)37-14-17-6-8-23(37)26(17)32/h5,7,9-11,15,17,23,26H,3-4,6,8,12-14,32H2,1-2H3/t17-,23-,26-/m1/s1. The summed E-state index contributed by atoms with van der Waals surface area (Å²) in [4.78, 5) is 34.5. The van der Waals surface area contributed by atoms with Crippen molar-refractivity contribution < 1.29 is 14.0 Å². The minimum atomic E-state index is -0.455. The summed E-state index contributed by atoms with van der Waals surface area (Å²) in [6, 6.07) is 9.29. The SMILES string of the molecule is CN1C(=O)Cc2c1ccc1cc(-c3nc4cc(C(=O)N5C[C@H]6CC[C@@H]5[C@@H]6N)cc(F)c4n3C)n(CC3CC3)c21. The number of likely N-dealkylation sites (N-methyl/N-ethyl adjacent to an activating group) is 1. The Morgan fingerprint density at radius 2 is 1.92 bits per heavy atom. The summed E-state index contributed by atoms with van der Waals surface area (Å²) >= 11 is 0. The van der Waals surface area contributed by atoms with Gasteiger partial charge in [0.2, 0.25) is 5.91 Å². The second-order valence-corrected chi connectivity index (χ2v) is 12.0. The quantitative estimate of drug-likeness (QED) is 0.438. The minimum Gasteiger partial charge on any atom is -0.337 e. The fourth-order valence-corrected chi connectivity index (χ4v) is 7.35. The Bertz CT molecular complexity index is 1730. The van der Waals surface area contributed by atoms with Gasteiger partial charge in [0.05, 0.1) is 23.1 Å². The zero-order valence-electron chi connectivity index (χ0n) is 22.2. The van der Waals surface area contributed by atoms with Crippen LogP contribution in [0.5, 0.6) is 0 Å². The van der Waals surface area contributed by atoms with Gasteiger partial charge in [0.15, 0.2) is 5.82 Å². The number of rotatable bonds is 4. The van der Waals surface area contributed by atoms with Gasteiger partial charge >= 0.3 is 0 Å². The summed E-state index contributed by atoms with van der Waals surface area (Å²) in [6.07, 6.45) is 4.69. The summed E-state index contributed by atoms with van der Waals surface area (Å²) in [5.74, 6) is 1.04. The summed E-state index contributed by atoms with van der Waals surface area (Å²) < 4.78 is 19.7. The van der Waals surface area contributed by atoms with Crippen LogP contribution in [0.4, 0.5) is 10.1 Å².